The Labute approximate surface area is 190 Å². The lowest BCUT2D eigenvalue weighted by Gasteiger charge is -2.10. The zero-order valence-electron chi connectivity index (χ0n) is 17.6. The molecule has 0 fully saturated rings. The van der Waals surface area contributed by atoms with Gasteiger partial charge in [-0.05, 0) is 40.6 Å². The maximum atomic E-state index is 12.0. The lowest BCUT2D eigenvalue weighted by molar-refractivity contribution is 0.112. The first-order valence-electron chi connectivity index (χ1n) is 10.7. The zero-order valence-corrected chi connectivity index (χ0v) is 17.6. The SMILES string of the molecule is O=Cc1cn(-c2nc3ncccc3cc2-c2ccccc2)nc1-c1ccc2ccccc2c1. The Morgan fingerprint density at radius 3 is 2.36 bits per heavy atom. The van der Waals surface area contributed by atoms with Gasteiger partial charge in [-0.25, -0.2) is 14.6 Å². The van der Waals surface area contributed by atoms with Crippen molar-refractivity contribution in [3.8, 4) is 28.2 Å². The van der Waals surface area contributed by atoms with Gasteiger partial charge in [0.15, 0.2) is 17.8 Å². The summed E-state index contributed by atoms with van der Waals surface area (Å²) in [6, 6.07) is 30.2. The molecule has 3 heterocycles. The minimum Gasteiger partial charge on any atom is -0.298 e. The number of aldehydes is 1. The van der Waals surface area contributed by atoms with Crippen molar-refractivity contribution in [3.63, 3.8) is 0 Å². The van der Waals surface area contributed by atoms with Gasteiger partial charge in [-0.2, -0.15) is 5.10 Å². The predicted molar refractivity (Wildman–Crippen MR) is 130 cm³/mol. The molecule has 6 aromatic rings. The number of hydrogen-bond acceptors (Lipinski definition) is 4. The Hall–Kier alpha value is -4.64. The molecule has 6 rings (SSSR count). The van der Waals surface area contributed by atoms with Gasteiger partial charge in [0.2, 0.25) is 0 Å². The third-order valence-electron chi connectivity index (χ3n) is 5.76. The van der Waals surface area contributed by atoms with Crippen LogP contribution in [0.5, 0.6) is 0 Å². The maximum absolute atomic E-state index is 12.0. The van der Waals surface area contributed by atoms with Crippen molar-refractivity contribution in [3.05, 3.63) is 109 Å². The van der Waals surface area contributed by atoms with Crippen molar-refractivity contribution >= 4 is 28.1 Å². The van der Waals surface area contributed by atoms with E-state index in [1.165, 1.54) is 0 Å². The van der Waals surface area contributed by atoms with Crippen molar-refractivity contribution in [1.29, 1.82) is 0 Å². The van der Waals surface area contributed by atoms with Crippen LogP contribution in [0.15, 0.2) is 103 Å². The Kier molecular flexibility index (Phi) is 4.51. The van der Waals surface area contributed by atoms with Gasteiger partial charge < -0.3 is 0 Å². The summed E-state index contributed by atoms with van der Waals surface area (Å²) in [4.78, 5) is 21.2. The third kappa shape index (κ3) is 3.36. The van der Waals surface area contributed by atoms with Gasteiger partial charge in [-0.3, -0.25) is 4.79 Å². The summed E-state index contributed by atoms with van der Waals surface area (Å²) < 4.78 is 1.69. The molecule has 0 amide bonds. The fourth-order valence-corrected chi connectivity index (χ4v) is 4.14. The van der Waals surface area contributed by atoms with Crippen LogP contribution in [0.25, 0.3) is 50.0 Å². The Bertz CT molecular complexity index is 1640. The monoisotopic (exact) mass is 426 g/mol. The molecule has 0 saturated heterocycles. The lowest BCUT2D eigenvalue weighted by atomic mass is 10.0. The molecule has 156 valence electrons. The van der Waals surface area contributed by atoms with Crippen LogP contribution in [-0.4, -0.2) is 26.0 Å². The highest BCUT2D eigenvalue weighted by Gasteiger charge is 2.17. The quantitative estimate of drug-likeness (QED) is 0.319. The van der Waals surface area contributed by atoms with Crippen LogP contribution in [0, 0.1) is 0 Å². The van der Waals surface area contributed by atoms with Crippen LogP contribution < -0.4 is 0 Å². The normalized spacial score (nSPS) is 11.2. The van der Waals surface area contributed by atoms with Gasteiger partial charge >= 0.3 is 0 Å². The average Bonchev–Trinajstić information content (AvgIpc) is 3.32. The van der Waals surface area contributed by atoms with E-state index in [1.54, 1.807) is 17.1 Å². The van der Waals surface area contributed by atoms with Gasteiger partial charge in [-0.1, -0.05) is 66.7 Å². The number of pyridine rings is 2. The molecule has 33 heavy (non-hydrogen) atoms. The fraction of sp³-hybridized carbons (Fsp3) is 0. The largest absolute Gasteiger partial charge is 0.298 e. The summed E-state index contributed by atoms with van der Waals surface area (Å²) in [6.07, 6.45) is 4.30. The Morgan fingerprint density at radius 1 is 0.727 bits per heavy atom. The molecule has 0 bridgehead atoms. The Balaban J connectivity index is 1.57. The highest BCUT2D eigenvalue weighted by molar-refractivity contribution is 5.92. The molecular weight excluding hydrogens is 408 g/mol. The number of carbonyl (C=O) groups excluding carboxylic acids is 1. The molecule has 3 aromatic heterocycles. The first-order chi connectivity index (χ1) is 16.3. The molecule has 0 N–H and O–H groups in total. The van der Waals surface area contributed by atoms with Crippen LogP contribution in [0.3, 0.4) is 0 Å². The van der Waals surface area contributed by atoms with E-state index in [4.69, 9.17) is 10.1 Å². The summed E-state index contributed by atoms with van der Waals surface area (Å²) in [5.74, 6) is 0.627. The number of hydrogen-bond donors (Lipinski definition) is 0. The van der Waals surface area contributed by atoms with Crippen LogP contribution >= 0.6 is 0 Å². The second-order valence-corrected chi connectivity index (χ2v) is 7.83. The number of aromatic nitrogens is 4. The lowest BCUT2D eigenvalue weighted by Crippen LogP contribution is -2.02. The molecule has 0 atom stereocenters. The molecule has 0 aliphatic rings. The van der Waals surface area contributed by atoms with Crippen LogP contribution in [0.2, 0.25) is 0 Å². The molecule has 0 aliphatic heterocycles. The van der Waals surface area contributed by atoms with E-state index < -0.39 is 0 Å². The number of fused-ring (bicyclic) bond motifs is 2. The van der Waals surface area contributed by atoms with Crippen molar-refractivity contribution in [2.45, 2.75) is 0 Å². The first-order valence-corrected chi connectivity index (χ1v) is 10.7. The van der Waals surface area contributed by atoms with E-state index in [-0.39, 0.29) is 0 Å². The van der Waals surface area contributed by atoms with Crippen molar-refractivity contribution < 1.29 is 4.79 Å². The van der Waals surface area contributed by atoms with E-state index in [2.05, 4.69) is 29.2 Å². The van der Waals surface area contributed by atoms with Crippen molar-refractivity contribution in [2.75, 3.05) is 0 Å². The van der Waals surface area contributed by atoms with Crippen molar-refractivity contribution in [1.82, 2.24) is 19.7 Å². The number of nitrogens with zero attached hydrogens (tertiary/aromatic N) is 4. The molecule has 0 aliphatic carbocycles. The minimum atomic E-state index is 0.507. The first kappa shape index (κ1) is 19.1. The van der Waals surface area contributed by atoms with Gasteiger partial charge in [0.05, 0.1) is 5.56 Å². The van der Waals surface area contributed by atoms with E-state index >= 15 is 0 Å². The molecule has 3 aromatic carbocycles. The highest BCUT2D eigenvalue weighted by atomic mass is 16.1. The van der Waals surface area contributed by atoms with Gasteiger partial charge in [0, 0.05) is 28.9 Å². The number of rotatable bonds is 4. The maximum Gasteiger partial charge on any atom is 0.163 e. The van der Waals surface area contributed by atoms with E-state index in [1.807, 2.05) is 66.7 Å². The summed E-state index contributed by atoms with van der Waals surface area (Å²) in [5, 5.41) is 8.00. The molecule has 5 nitrogen and oxygen atoms in total. The van der Waals surface area contributed by atoms with E-state index in [9.17, 15) is 4.79 Å². The van der Waals surface area contributed by atoms with Gasteiger partial charge in [-0.15, -0.1) is 0 Å². The molecular formula is C28H18N4O. The molecule has 5 heteroatoms. The Morgan fingerprint density at radius 2 is 1.52 bits per heavy atom. The second-order valence-electron chi connectivity index (χ2n) is 7.83. The van der Waals surface area contributed by atoms with Crippen LogP contribution in [-0.2, 0) is 0 Å². The summed E-state index contributed by atoms with van der Waals surface area (Å²) in [5.41, 5.74) is 4.57. The highest BCUT2D eigenvalue weighted by Crippen LogP contribution is 2.31. The summed E-state index contributed by atoms with van der Waals surface area (Å²) in [6.45, 7) is 0. The minimum absolute atomic E-state index is 0.507. The van der Waals surface area contributed by atoms with Crippen LogP contribution in [0.4, 0.5) is 0 Å². The topological polar surface area (TPSA) is 60.7 Å². The summed E-state index contributed by atoms with van der Waals surface area (Å²) >= 11 is 0. The third-order valence-corrected chi connectivity index (χ3v) is 5.76. The smallest absolute Gasteiger partial charge is 0.163 e. The predicted octanol–water partition coefficient (Wildman–Crippen LogP) is 6.12. The number of carbonyl (C=O) groups is 1. The molecule has 0 radical (unpaired) electrons. The molecule has 0 spiro atoms. The standard InChI is InChI=1S/C28H18N4O/c33-18-24-17-32(31-26(24)22-13-12-19-7-4-5-10-21(19)15-22)28-25(20-8-2-1-3-9-20)16-23-11-6-14-29-27(23)30-28/h1-18H. The number of benzene rings is 3. The van der Waals surface area contributed by atoms with Gasteiger partial charge in [0.1, 0.15) is 5.69 Å². The zero-order chi connectivity index (χ0) is 22.2. The summed E-state index contributed by atoms with van der Waals surface area (Å²) in [7, 11) is 0. The van der Waals surface area contributed by atoms with Crippen molar-refractivity contribution in [2.24, 2.45) is 0 Å². The average molecular weight is 426 g/mol. The molecule has 0 saturated carbocycles. The van der Waals surface area contributed by atoms with Gasteiger partial charge in [0.25, 0.3) is 0 Å². The van der Waals surface area contributed by atoms with E-state index in [0.717, 1.165) is 39.1 Å². The fourth-order valence-electron chi connectivity index (χ4n) is 4.14. The van der Waals surface area contributed by atoms with Crippen LogP contribution in [0.1, 0.15) is 10.4 Å². The second kappa shape index (κ2) is 7.80. The molecule has 0 unspecified atom stereocenters. The van der Waals surface area contributed by atoms with E-state index in [0.29, 0.717) is 22.7 Å².